The molecular weight excluding hydrogens is 404 g/mol. The van der Waals surface area contributed by atoms with Gasteiger partial charge >= 0.3 is 0 Å². The third-order valence-electron chi connectivity index (χ3n) is 6.66. The Morgan fingerprint density at radius 3 is 2.33 bits per heavy atom. The lowest BCUT2D eigenvalue weighted by molar-refractivity contribution is -0.133. The summed E-state index contributed by atoms with van der Waals surface area (Å²) in [4.78, 5) is 29.7. The maximum atomic E-state index is 12.6. The first-order valence-corrected chi connectivity index (χ1v) is 10.9. The van der Waals surface area contributed by atoms with Gasteiger partial charge in [-0.25, -0.2) is 0 Å². The predicted octanol–water partition coefficient (Wildman–Crippen LogP) is 3.57. The molecule has 0 bridgehead atoms. The monoisotopic (exact) mass is 436 g/mol. The number of carbonyl (C=O) groups is 2. The number of piperazine rings is 1. The van der Waals surface area contributed by atoms with Crippen molar-refractivity contribution in [1.82, 2.24) is 9.80 Å². The smallest absolute Gasteiger partial charge is 0.223 e. The predicted molar refractivity (Wildman–Crippen MR) is 118 cm³/mol. The van der Waals surface area contributed by atoms with Crippen LogP contribution in [0.1, 0.15) is 56.3 Å². The van der Waals surface area contributed by atoms with Gasteiger partial charge in [-0.05, 0) is 50.8 Å². The Labute approximate surface area is 185 Å². The van der Waals surface area contributed by atoms with Crippen molar-refractivity contribution in [2.45, 2.75) is 51.5 Å². The summed E-state index contributed by atoms with van der Waals surface area (Å²) in [5.41, 5.74) is 0.820. The first-order chi connectivity index (χ1) is 13.9. The van der Waals surface area contributed by atoms with E-state index in [-0.39, 0.29) is 42.5 Å². The number of Topliss-reactive ketones (excluding diaryl/α,β-unsaturated/α-hetero) is 1. The minimum atomic E-state index is -0.0255. The summed E-state index contributed by atoms with van der Waals surface area (Å²) in [7, 11) is 0. The van der Waals surface area contributed by atoms with Gasteiger partial charge in [0.1, 0.15) is 0 Å². The Bertz CT molecular complexity index is 770. The highest BCUT2D eigenvalue weighted by molar-refractivity contribution is 5.98. The maximum absolute atomic E-state index is 12.6. The number of hydrogen-bond acceptors (Lipinski definition) is 5. The van der Waals surface area contributed by atoms with Crippen molar-refractivity contribution in [1.29, 1.82) is 0 Å². The van der Waals surface area contributed by atoms with Gasteiger partial charge in [-0.2, -0.15) is 0 Å². The van der Waals surface area contributed by atoms with Crippen molar-refractivity contribution >= 4 is 24.1 Å². The number of nitrogens with zero attached hydrogens (tertiary/aromatic N) is 2. The quantitative estimate of drug-likeness (QED) is 0.638. The minimum Gasteiger partial charge on any atom is -0.490 e. The molecule has 2 heterocycles. The van der Waals surface area contributed by atoms with E-state index in [9.17, 15) is 9.59 Å². The molecular formula is C23H33ClN2O4. The summed E-state index contributed by atoms with van der Waals surface area (Å²) in [6.45, 7) is 9.23. The van der Waals surface area contributed by atoms with E-state index >= 15 is 0 Å². The highest BCUT2D eigenvalue weighted by Gasteiger charge is 2.42. The number of ether oxygens (including phenoxy) is 2. The van der Waals surface area contributed by atoms with E-state index in [1.54, 1.807) is 18.2 Å². The second-order valence-electron chi connectivity index (χ2n) is 8.93. The molecule has 1 aromatic carbocycles. The number of ketones is 1. The molecule has 30 heavy (non-hydrogen) atoms. The summed E-state index contributed by atoms with van der Waals surface area (Å²) in [6.07, 6.45) is 3.98. The van der Waals surface area contributed by atoms with Crippen molar-refractivity contribution < 1.29 is 19.1 Å². The number of halogens is 1. The number of carbonyl (C=O) groups excluding carboxylic acids is 2. The van der Waals surface area contributed by atoms with E-state index in [0.717, 1.165) is 38.5 Å². The van der Waals surface area contributed by atoms with Gasteiger partial charge in [0.2, 0.25) is 5.91 Å². The van der Waals surface area contributed by atoms with E-state index < -0.39 is 0 Å². The fraction of sp³-hybridized carbons (Fsp3) is 0.652. The maximum Gasteiger partial charge on any atom is 0.223 e. The lowest BCUT2D eigenvalue weighted by Crippen LogP contribution is -2.56. The third kappa shape index (κ3) is 5.09. The zero-order valence-electron chi connectivity index (χ0n) is 18.0. The van der Waals surface area contributed by atoms with Gasteiger partial charge in [-0.15, -0.1) is 12.4 Å². The van der Waals surface area contributed by atoms with E-state index in [1.807, 2.05) is 4.90 Å². The molecule has 1 saturated carbocycles. The fourth-order valence-corrected chi connectivity index (χ4v) is 4.44. The Kier molecular flexibility index (Phi) is 7.30. The topological polar surface area (TPSA) is 59.1 Å². The van der Waals surface area contributed by atoms with Crippen LogP contribution in [0.25, 0.3) is 0 Å². The Hall–Kier alpha value is -1.79. The van der Waals surface area contributed by atoms with Crippen LogP contribution in [0.4, 0.5) is 0 Å². The second-order valence-corrected chi connectivity index (χ2v) is 8.93. The summed E-state index contributed by atoms with van der Waals surface area (Å²) in [5, 5.41) is 0. The fourth-order valence-electron chi connectivity index (χ4n) is 4.44. The van der Waals surface area contributed by atoms with E-state index in [4.69, 9.17) is 9.47 Å². The molecule has 0 unspecified atom stereocenters. The molecule has 1 aromatic rings. The standard InChI is InChI=1S/C23H32N2O4.ClH/c1-23(2,18-5-6-18)25-12-10-24(11-13-25)22(27)9-7-19(26)17-4-8-20-21(16-17)29-15-3-14-28-20;/h4,8,16,18H,3,5-7,9-15H2,1-2H3;1H. The van der Waals surface area contributed by atoms with Crippen LogP contribution in [-0.4, -0.2) is 66.4 Å². The van der Waals surface area contributed by atoms with Crippen molar-refractivity contribution in [3.8, 4) is 11.5 Å². The highest BCUT2D eigenvalue weighted by Crippen LogP contribution is 2.43. The molecule has 6 nitrogen and oxygen atoms in total. The van der Waals surface area contributed by atoms with Crippen molar-refractivity contribution in [3.05, 3.63) is 23.8 Å². The molecule has 2 fully saturated rings. The molecule has 0 atom stereocenters. The summed E-state index contributed by atoms with van der Waals surface area (Å²) < 4.78 is 11.3. The van der Waals surface area contributed by atoms with E-state index in [1.165, 1.54) is 12.8 Å². The van der Waals surface area contributed by atoms with Gasteiger partial charge in [0, 0.05) is 56.5 Å². The van der Waals surface area contributed by atoms with E-state index in [2.05, 4.69) is 18.7 Å². The van der Waals surface area contributed by atoms with E-state index in [0.29, 0.717) is 30.3 Å². The number of amides is 1. The molecule has 7 heteroatoms. The molecule has 0 radical (unpaired) electrons. The molecule has 166 valence electrons. The van der Waals surface area contributed by atoms with Crippen LogP contribution >= 0.6 is 12.4 Å². The molecule has 4 rings (SSSR count). The minimum absolute atomic E-state index is 0. The number of benzene rings is 1. The zero-order chi connectivity index (χ0) is 20.4. The number of fused-ring (bicyclic) bond motifs is 1. The first-order valence-electron chi connectivity index (χ1n) is 10.9. The normalized spacial score (nSPS) is 19.6. The van der Waals surface area contributed by atoms with Crippen LogP contribution in [0, 0.1) is 5.92 Å². The average molecular weight is 437 g/mol. The van der Waals surface area contributed by atoms with Gasteiger partial charge in [0.25, 0.3) is 0 Å². The zero-order valence-corrected chi connectivity index (χ0v) is 18.8. The number of hydrogen-bond donors (Lipinski definition) is 0. The summed E-state index contributed by atoms with van der Waals surface area (Å²) in [5.74, 6) is 2.16. The van der Waals surface area contributed by atoms with Gasteiger partial charge in [-0.1, -0.05) is 0 Å². The highest BCUT2D eigenvalue weighted by atomic mass is 35.5. The lowest BCUT2D eigenvalue weighted by atomic mass is 9.95. The molecule has 0 spiro atoms. The van der Waals surface area contributed by atoms with Crippen LogP contribution in [-0.2, 0) is 4.79 Å². The largest absolute Gasteiger partial charge is 0.490 e. The molecule has 0 aromatic heterocycles. The molecule has 1 aliphatic carbocycles. The second kappa shape index (κ2) is 9.56. The molecule has 2 aliphatic heterocycles. The molecule has 1 amide bonds. The Morgan fingerprint density at radius 2 is 1.67 bits per heavy atom. The van der Waals surface area contributed by atoms with Crippen LogP contribution in [0.3, 0.4) is 0 Å². The molecule has 0 N–H and O–H groups in total. The van der Waals surface area contributed by atoms with Crippen LogP contribution in [0.2, 0.25) is 0 Å². The molecule has 3 aliphatic rings. The van der Waals surface area contributed by atoms with Crippen molar-refractivity contribution in [3.63, 3.8) is 0 Å². The summed E-state index contributed by atoms with van der Waals surface area (Å²) in [6, 6.07) is 5.29. The van der Waals surface area contributed by atoms with Gasteiger partial charge in [-0.3, -0.25) is 14.5 Å². The molecule has 1 saturated heterocycles. The van der Waals surface area contributed by atoms with Crippen molar-refractivity contribution in [2.24, 2.45) is 5.92 Å². The third-order valence-corrected chi connectivity index (χ3v) is 6.66. The van der Waals surface area contributed by atoms with Gasteiger partial charge in [0.15, 0.2) is 17.3 Å². The average Bonchev–Trinajstić information content (AvgIpc) is 3.58. The Balaban J connectivity index is 0.00000256. The SMILES string of the molecule is CC(C)(C1CC1)N1CCN(C(=O)CCC(=O)c2ccc3c(c2)OCCCO3)CC1.Cl. The Morgan fingerprint density at radius 1 is 1.00 bits per heavy atom. The number of rotatable bonds is 6. The summed E-state index contributed by atoms with van der Waals surface area (Å²) >= 11 is 0. The lowest BCUT2D eigenvalue weighted by Gasteiger charge is -2.44. The first kappa shape index (κ1) is 22.9. The van der Waals surface area contributed by atoms with Gasteiger partial charge < -0.3 is 14.4 Å². The van der Waals surface area contributed by atoms with Gasteiger partial charge in [0.05, 0.1) is 13.2 Å². The van der Waals surface area contributed by atoms with Crippen LogP contribution in [0.5, 0.6) is 11.5 Å². The van der Waals surface area contributed by atoms with Crippen LogP contribution < -0.4 is 9.47 Å². The van der Waals surface area contributed by atoms with Crippen LogP contribution in [0.15, 0.2) is 18.2 Å². The van der Waals surface area contributed by atoms with Crippen molar-refractivity contribution in [2.75, 3.05) is 39.4 Å².